The first-order valence-corrected chi connectivity index (χ1v) is 9.60. The van der Waals surface area contributed by atoms with Crippen LogP contribution in [-0.4, -0.2) is 18.3 Å². The number of rotatable bonds is 2. The fourth-order valence-corrected chi connectivity index (χ4v) is 3.98. The number of halogens is 1. The average Bonchev–Trinajstić information content (AvgIpc) is 2.82. The van der Waals surface area contributed by atoms with E-state index >= 15 is 0 Å². The molecule has 26 heavy (non-hydrogen) atoms. The minimum absolute atomic E-state index is 0.348. The Balaban J connectivity index is 1.91. The van der Waals surface area contributed by atoms with Crippen LogP contribution in [0.2, 0.25) is 5.02 Å². The molecule has 2 aromatic rings. The van der Waals surface area contributed by atoms with Crippen molar-refractivity contribution in [2.45, 2.75) is 51.7 Å². The van der Waals surface area contributed by atoms with Gasteiger partial charge in [0.05, 0.1) is 11.2 Å². The molecule has 0 atom stereocenters. The smallest absolute Gasteiger partial charge is 0.400 e. The molecule has 134 valence electrons. The Morgan fingerprint density at radius 1 is 0.808 bits per heavy atom. The molecule has 4 heteroatoms. The molecule has 1 aliphatic carbocycles. The Labute approximate surface area is 161 Å². The predicted molar refractivity (Wildman–Crippen MR) is 108 cm³/mol. The Morgan fingerprint density at radius 2 is 1.38 bits per heavy atom. The van der Waals surface area contributed by atoms with Gasteiger partial charge in [-0.1, -0.05) is 54.1 Å². The molecule has 0 saturated carbocycles. The summed E-state index contributed by atoms with van der Waals surface area (Å²) in [6, 6.07) is 16.6. The zero-order chi connectivity index (χ0) is 18.5. The minimum atomic E-state index is -0.354. The van der Waals surface area contributed by atoms with E-state index in [1.54, 1.807) is 0 Å². The third kappa shape index (κ3) is 2.83. The highest BCUT2D eigenvalue weighted by Gasteiger charge is 2.53. The predicted octanol–water partition coefficient (Wildman–Crippen LogP) is 5.72. The third-order valence-corrected chi connectivity index (χ3v) is 6.28. The van der Waals surface area contributed by atoms with Crippen molar-refractivity contribution < 1.29 is 9.31 Å². The van der Waals surface area contributed by atoms with Gasteiger partial charge in [-0.05, 0) is 68.8 Å². The number of fused-ring (bicyclic) bond motifs is 1. The second kappa shape index (κ2) is 6.26. The van der Waals surface area contributed by atoms with Crippen molar-refractivity contribution in [1.29, 1.82) is 0 Å². The maximum absolute atomic E-state index is 6.59. The van der Waals surface area contributed by atoms with Gasteiger partial charge in [-0.15, -0.1) is 0 Å². The standard InChI is InChI=1S/C22H24BClO2/c1-21(2)22(3,4)26-23(25-21)18-14-13-15-9-5-6-10-16(15)20(18)17-11-7-8-12-19(17)24/h5-12H,13-14H2,1-4H3. The Kier molecular flexibility index (Phi) is 4.30. The third-order valence-electron chi connectivity index (χ3n) is 5.95. The van der Waals surface area contributed by atoms with Gasteiger partial charge in [0.15, 0.2) is 0 Å². The van der Waals surface area contributed by atoms with E-state index in [1.165, 1.54) is 16.6 Å². The zero-order valence-corrected chi connectivity index (χ0v) is 16.6. The summed E-state index contributed by atoms with van der Waals surface area (Å²) in [5, 5.41) is 0.758. The first kappa shape index (κ1) is 17.8. The number of hydrogen-bond acceptors (Lipinski definition) is 2. The summed E-state index contributed by atoms with van der Waals surface area (Å²) in [5.74, 6) is 0. The lowest BCUT2D eigenvalue weighted by atomic mass is 9.66. The lowest BCUT2D eigenvalue weighted by molar-refractivity contribution is 0.00578. The van der Waals surface area contributed by atoms with Crippen LogP contribution < -0.4 is 0 Å². The quantitative estimate of drug-likeness (QED) is 0.633. The van der Waals surface area contributed by atoms with Crippen molar-refractivity contribution >= 4 is 24.3 Å². The monoisotopic (exact) mass is 366 g/mol. The van der Waals surface area contributed by atoms with Crippen LogP contribution in [0.25, 0.3) is 5.57 Å². The van der Waals surface area contributed by atoms with Crippen LogP contribution in [0.15, 0.2) is 54.0 Å². The van der Waals surface area contributed by atoms with E-state index in [9.17, 15) is 0 Å². The normalized spacial score (nSPS) is 21.0. The molecule has 1 fully saturated rings. The maximum atomic E-state index is 6.59. The Hall–Kier alpha value is -1.55. The van der Waals surface area contributed by atoms with Gasteiger partial charge in [-0.2, -0.15) is 0 Å². The first-order valence-electron chi connectivity index (χ1n) is 9.22. The van der Waals surface area contributed by atoms with E-state index in [0.29, 0.717) is 0 Å². The van der Waals surface area contributed by atoms with E-state index < -0.39 is 0 Å². The zero-order valence-electron chi connectivity index (χ0n) is 15.8. The van der Waals surface area contributed by atoms with Crippen LogP contribution in [0.1, 0.15) is 50.8 Å². The second-order valence-electron chi connectivity index (χ2n) is 8.13. The van der Waals surface area contributed by atoms with E-state index in [0.717, 1.165) is 29.0 Å². The van der Waals surface area contributed by atoms with Gasteiger partial charge in [-0.3, -0.25) is 0 Å². The molecule has 0 radical (unpaired) electrons. The Bertz CT molecular complexity index is 869. The van der Waals surface area contributed by atoms with Crippen molar-refractivity contribution in [1.82, 2.24) is 0 Å². The Morgan fingerprint density at radius 3 is 2.04 bits per heavy atom. The molecule has 0 unspecified atom stereocenters. The summed E-state index contributed by atoms with van der Waals surface area (Å²) in [5.41, 5.74) is 5.28. The van der Waals surface area contributed by atoms with Crippen molar-refractivity contribution in [2.75, 3.05) is 0 Å². The minimum Gasteiger partial charge on any atom is -0.400 e. The molecule has 0 spiro atoms. The van der Waals surface area contributed by atoms with Crippen LogP contribution in [0.3, 0.4) is 0 Å². The molecule has 2 aromatic carbocycles. The summed E-state index contributed by atoms with van der Waals surface area (Å²) in [6.07, 6.45) is 1.90. The van der Waals surface area contributed by atoms with Gasteiger partial charge in [0, 0.05) is 10.6 Å². The van der Waals surface area contributed by atoms with E-state index in [1.807, 2.05) is 18.2 Å². The lowest BCUT2D eigenvalue weighted by Crippen LogP contribution is -2.41. The number of benzene rings is 2. The van der Waals surface area contributed by atoms with Crippen molar-refractivity contribution in [3.63, 3.8) is 0 Å². The van der Waals surface area contributed by atoms with E-state index in [4.69, 9.17) is 20.9 Å². The maximum Gasteiger partial charge on any atom is 0.491 e. The van der Waals surface area contributed by atoms with Gasteiger partial charge < -0.3 is 9.31 Å². The molecular weight excluding hydrogens is 343 g/mol. The summed E-state index contributed by atoms with van der Waals surface area (Å²) >= 11 is 6.59. The highest BCUT2D eigenvalue weighted by molar-refractivity contribution is 6.57. The number of hydrogen-bond donors (Lipinski definition) is 0. The van der Waals surface area contributed by atoms with Gasteiger partial charge in [0.1, 0.15) is 0 Å². The van der Waals surface area contributed by atoms with Gasteiger partial charge in [0.25, 0.3) is 0 Å². The van der Waals surface area contributed by atoms with Crippen LogP contribution in [0.4, 0.5) is 0 Å². The molecule has 0 aromatic heterocycles. The summed E-state index contributed by atoms with van der Waals surface area (Å²) in [4.78, 5) is 0. The highest BCUT2D eigenvalue weighted by Crippen LogP contribution is 2.45. The van der Waals surface area contributed by atoms with Gasteiger partial charge in [0.2, 0.25) is 0 Å². The fourth-order valence-electron chi connectivity index (χ4n) is 3.75. The van der Waals surface area contributed by atoms with E-state index in [-0.39, 0.29) is 18.3 Å². The molecule has 0 N–H and O–H groups in total. The fraction of sp³-hybridized carbons (Fsp3) is 0.364. The highest BCUT2D eigenvalue weighted by atomic mass is 35.5. The van der Waals surface area contributed by atoms with Gasteiger partial charge >= 0.3 is 7.12 Å². The molecule has 4 rings (SSSR count). The van der Waals surface area contributed by atoms with E-state index in [2.05, 4.69) is 58.0 Å². The molecule has 1 heterocycles. The lowest BCUT2D eigenvalue weighted by Gasteiger charge is -2.32. The molecule has 1 saturated heterocycles. The average molecular weight is 367 g/mol. The van der Waals surface area contributed by atoms with Crippen LogP contribution >= 0.6 is 11.6 Å². The molecule has 0 amide bonds. The van der Waals surface area contributed by atoms with Crippen molar-refractivity contribution in [3.05, 3.63) is 75.7 Å². The summed E-state index contributed by atoms with van der Waals surface area (Å²) in [6.45, 7) is 8.39. The number of aryl methyl sites for hydroxylation is 1. The number of allylic oxidation sites excluding steroid dienone is 1. The first-order chi connectivity index (χ1) is 12.3. The van der Waals surface area contributed by atoms with Crippen LogP contribution in [0.5, 0.6) is 0 Å². The summed E-state index contributed by atoms with van der Waals surface area (Å²) in [7, 11) is -0.348. The SMILES string of the molecule is CC1(C)OB(C2=C(c3ccccc3Cl)c3ccccc3CC2)OC1(C)C. The molecular formula is C22H24BClO2. The largest absolute Gasteiger partial charge is 0.491 e. The molecule has 0 bridgehead atoms. The van der Waals surface area contributed by atoms with Crippen LogP contribution in [0, 0.1) is 0 Å². The molecule has 1 aliphatic heterocycles. The summed E-state index contributed by atoms with van der Waals surface area (Å²) < 4.78 is 12.8. The molecule has 2 aliphatic rings. The van der Waals surface area contributed by atoms with Crippen molar-refractivity contribution in [3.8, 4) is 0 Å². The van der Waals surface area contributed by atoms with Gasteiger partial charge in [-0.25, -0.2) is 0 Å². The topological polar surface area (TPSA) is 18.5 Å². The molecule has 2 nitrogen and oxygen atoms in total. The second-order valence-corrected chi connectivity index (χ2v) is 8.53. The van der Waals surface area contributed by atoms with Crippen LogP contribution in [-0.2, 0) is 15.7 Å². The van der Waals surface area contributed by atoms with Crippen molar-refractivity contribution in [2.24, 2.45) is 0 Å².